The second kappa shape index (κ2) is 4.40. The highest BCUT2D eigenvalue weighted by Gasteiger charge is 2.25. The number of piperidine rings is 1. The van der Waals surface area contributed by atoms with Crippen molar-refractivity contribution in [3.05, 3.63) is 23.9 Å². The Bertz CT molecular complexity index is 274. The van der Waals surface area contributed by atoms with Crippen LogP contribution in [0.5, 0.6) is 0 Å². The highest BCUT2D eigenvalue weighted by atomic mass is 15.1. The maximum Gasteiger partial charge on any atom is 0.0270 e. The molecule has 1 heterocycles. The molecule has 0 bridgehead atoms. The molecule has 0 aromatic rings. The van der Waals surface area contributed by atoms with Crippen LogP contribution >= 0.6 is 0 Å². The van der Waals surface area contributed by atoms with Crippen molar-refractivity contribution in [3.8, 4) is 0 Å². The van der Waals surface area contributed by atoms with Gasteiger partial charge in [-0.15, -0.1) is 0 Å². The Morgan fingerprint density at radius 2 is 2.07 bits per heavy atom. The molecule has 2 N–H and O–H groups in total. The number of hydrogen-bond donors (Lipinski definition) is 1. The number of nitrogens with two attached hydrogens (primary N) is 1. The average Bonchev–Trinajstić information content (AvgIpc) is 2.24. The van der Waals surface area contributed by atoms with Gasteiger partial charge < -0.3 is 10.6 Å². The predicted octanol–water partition coefficient (Wildman–Crippen LogP) is 2.28. The van der Waals surface area contributed by atoms with Crippen molar-refractivity contribution in [2.45, 2.75) is 32.6 Å². The first-order chi connectivity index (χ1) is 7.18. The van der Waals surface area contributed by atoms with E-state index in [0.717, 1.165) is 12.1 Å². The molecule has 0 radical (unpaired) electrons. The number of nitrogens with zero attached hydrogens (tertiary/aromatic N) is 1. The minimum Gasteiger partial charge on any atom is -0.399 e. The molecule has 84 valence electrons. The maximum atomic E-state index is 5.75. The van der Waals surface area contributed by atoms with E-state index in [2.05, 4.69) is 30.1 Å². The average molecular weight is 206 g/mol. The zero-order valence-electron chi connectivity index (χ0n) is 9.71. The van der Waals surface area contributed by atoms with E-state index in [-0.39, 0.29) is 0 Å². The van der Waals surface area contributed by atoms with E-state index in [4.69, 9.17) is 5.73 Å². The van der Waals surface area contributed by atoms with Crippen LogP contribution < -0.4 is 5.73 Å². The summed E-state index contributed by atoms with van der Waals surface area (Å²) >= 11 is 0. The number of allylic oxidation sites excluding steroid dienone is 2. The molecule has 2 heteroatoms. The van der Waals surface area contributed by atoms with Crippen LogP contribution in [0.2, 0.25) is 0 Å². The Kier molecular flexibility index (Phi) is 3.15. The van der Waals surface area contributed by atoms with Crippen molar-refractivity contribution in [3.63, 3.8) is 0 Å². The van der Waals surface area contributed by atoms with E-state index >= 15 is 0 Å². The van der Waals surface area contributed by atoms with Gasteiger partial charge in [-0.3, -0.25) is 0 Å². The molecule has 1 atom stereocenters. The van der Waals surface area contributed by atoms with E-state index in [1.54, 1.807) is 0 Å². The maximum absolute atomic E-state index is 5.75. The normalized spacial score (nSPS) is 32.7. The van der Waals surface area contributed by atoms with Crippen molar-refractivity contribution in [1.29, 1.82) is 0 Å². The summed E-state index contributed by atoms with van der Waals surface area (Å²) in [6, 6.07) is 0. The zero-order chi connectivity index (χ0) is 10.7. The van der Waals surface area contributed by atoms with E-state index in [9.17, 15) is 0 Å². The SMILES string of the molecule is C[C@]1(CN2CCCCC2)C=CC(N)=CC1. The molecule has 15 heavy (non-hydrogen) atoms. The first kappa shape index (κ1) is 10.7. The van der Waals surface area contributed by atoms with Gasteiger partial charge in [-0.2, -0.15) is 0 Å². The quantitative estimate of drug-likeness (QED) is 0.751. The molecule has 2 rings (SSSR count). The van der Waals surface area contributed by atoms with Gasteiger partial charge in [0, 0.05) is 17.7 Å². The summed E-state index contributed by atoms with van der Waals surface area (Å²) in [7, 11) is 0. The molecule has 0 aromatic heterocycles. The van der Waals surface area contributed by atoms with E-state index in [1.807, 2.05) is 0 Å². The van der Waals surface area contributed by atoms with Gasteiger partial charge >= 0.3 is 0 Å². The van der Waals surface area contributed by atoms with Gasteiger partial charge in [-0.05, 0) is 38.4 Å². The lowest BCUT2D eigenvalue weighted by Crippen LogP contribution is -2.38. The minimum atomic E-state index is 0.306. The summed E-state index contributed by atoms with van der Waals surface area (Å²) in [5.74, 6) is 0. The van der Waals surface area contributed by atoms with Gasteiger partial charge in [-0.1, -0.05) is 25.5 Å². The molecule has 0 saturated carbocycles. The van der Waals surface area contributed by atoms with Gasteiger partial charge in [0.05, 0.1) is 0 Å². The fourth-order valence-corrected chi connectivity index (χ4v) is 2.53. The largest absolute Gasteiger partial charge is 0.399 e. The Morgan fingerprint density at radius 3 is 2.67 bits per heavy atom. The topological polar surface area (TPSA) is 29.3 Å². The van der Waals surface area contributed by atoms with Crippen LogP contribution in [0.25, 0.3) is 0 Å². The highest BCUT2D eigenvalue weighted by molar-refractivity contribution is 5.23. The van der Waals surface area contributed by atoms with Gasteiger partial charge in [0.2, 0.25) is 0 Å². The van der Waals surface area contributed by atoms with Crippen LogP contribution in [0.15, 0.2) is 23.9 Å². The smallest absolute Gasteiger partial charge is 0.0270 e. The van der Waals surface area contributed by atoms with Gasteiger partial charge in [0.1, 0.15) is 0 Å². The second-order valence-corrected chi connectivity index (χ2v) is 5.23. The van der Waals surface area contributed by atoms with Gasteiger partial charge in [-0.25, -0.2) is 0 Å². The molecule has 0 unspecified atom stereocenters. The zero-order valence-corrected chi connectivity index (χ0v) is 9.71. The van der Waals surface area contributed by atoms with E-state index in [0.29, 0.717) is 5.41 Å². The standard InChI is InChI=1S/C13H22N2/c1-13(7-5-12(14)6-8-13)11-15-9-3-2-4-10-15/h5-7H,2-4,8-11,14H2,1H3/t13-/m0/s1. The lowest BCUT2D eigenvalue weighted by atomic mass is 9.82. The molecule has 2 aliphatic rings. The summed E-state index contributed by atoms with van der Waals surface area (Å²) in [4.78, 5) is 2.60. The number of hydrogen-bond acceptors (Lipinski definition) is 2. The first-order valence-corrected chi connectivity index (χ1v) is 6.05. The molecule has 1 aliphatic heterocycles. The predicted molar refractivity (Wildman–Crippen MR) is 64.4 cm³/mol. The van der Waals surface area contributed by atoms with Crippen LogP contribution in [0.3, 0.4) is 0 Å². The molecular weight excluding hydrogens is 184 g/mol. The van der Waals surface area contributed by atoms with Gasteiger partial charge in [0.25, 0.3) is 0 Å². The Balaban J connectivity index is 1.90. The highest BCUT2D eigenvalue weighted by Crippen LogP contribution is 2.30. The Morgan fingerprint density at radius 1 is 1.33 bits per heavy atom. The Labute approximate surface area is 92.8 Å². The lowest BCUT2D eigenvalue weighted by molar-refractivity contribution is 0.169. The number of likely N-dealkylation sites (tertiary alicyclic amines) is 1. The summed E-state index contributed by atoms with van der Waals surface area (Å²) < 4.78 is 0. The molecule has 1 saturated heterocycles. The molecular formula is C13H22N2. The first-order valence-electron chi connectivity index (χ1n) is 6.05. The second-order valence-electron chi connectivity index (χ2n) is 5.23. The third-order valence-corrected chi connectivity index (χ3v) is 3.52. The van der Waals surface area contributed by atoms with Crippen molar-refractivity contribution in [2.75, 3.05) is 19.6 Å². The fourth-order valence-electron chi connectivity index (χ4n) is 2.53. The molecule has 2 nitrogen and oxygen atoms in total. The van der Waals surface area contributed by atoms with Crippen LogP contribution in [-0.4, -0.2) is 24.5 Å². The summed E-state index contributed by atoms with van der Waals surface area (Å²) in [6.45, 7) is 6.08. The Hall–Kier alpha value is -0.760. The van der Waals surface area contributed by atoms with Crippen LogP contribution in [0.1, 0.15) is 32.6 Å². The van der Waals surface area contributed by atoms with Gasteiger partial charge in [0.15, 0.2) is 0 Å². The monoisotopic (exact) mass is 206 g/mol. The molecule has 0 spiro atoms. The van der Waals surface area contributed by atoms with E-state index in [1.165, 1.54) is 38.9 Å². The molecule has 0 amide bonds. The molecule has 1 aliphatic carbocycles. The van der Waals surface area contributed by atoms with Crippen LogP contribution in [0.4, 0.5) is 0 Å². The van der Waals surface area contributed by atoms with E-state index < -0.39 is 0 Å². The van der Waals surface area contributed by atoms with Crippen molar-refractivity contribution in [2.24, 2.45) is 11.1 Å². The number of rotatable bonds is 2. The summed E-state index contributed by atoms with van der Waals surface area (Å²) in [5, 5.41) is 0. The molecule has 0 aromatic carbocycles. The molecule has 1 fully saturated rings. The fraction of sp³-hybridized carbons (Fsp3) is 0.692. The third kappa shape index (κ3) is 2.85. The summed E-state index contributed by atoms with van der Waals surface area (Å²) in [6.07, 6.45) is 11.8. The van der Waals surface area contributed by atoms with Crippen molar-refractivity contribution >= 4 is 0 Å². The van der Waals surface area contributed by atoms with Crippen molar-refractivity contribution in [1.82, 2.24) is 4.90 Å². The van der Waals surface area contributed by atoms with Crippen LogP contribution in [-0.2, 0) is 0 Å². The van der Waals surface area contributed by atoms with Crippen LogP contribution in [0, 0.1) is 5.41 Å². The minimum absolute atomic E-state index is 0.306. The third-order valence-electron chi connectivity index (χ3n) is 3.52. The summed E-state index contributed by atoms with van der Waals surface area (Å²) in [5.41, 5.74) is 6.98. The lowest BCUT2D eigenvalue weighted by Gasteiger charge is -2.36. The van der Waals surface area contributed by atoms with Crippen molar-refractivity contribution < 1.29 is 0 Å².